The Morgan fingerprint density at radius 3 is 3.00 bits per heavy atom. The Bertz CT molecular complexity index is 353. The summed E-state index contributed by atoms with van der Waals surface area (Å²) in [5, 5.41) is 3.60. The van der Waals surface area contributed by atoms with Crippen LogP contribution in [-0.4, -0.2) is 22.6 Å². The molecule has 0 radical (unpaired) electrons. The highest BCUT2D eigenvalue weighted by molar-refractivity contribution is 5.01. The van der Waals surface area contributed by atoms with Gasteiger partial charge in [0, 0.05) is 18.8 Å². The topological polar surface area (TPSA) is 63.8 Å². The molecule has 1 fully saturated rings. The molecular formula is C13H22N4. The second-order valence-corrected chi connectivity index (χ2v) is 4.86. The van der Waals surface area contributed by atoms with Gasteiger partial charge in [-0.15, -0.1) is 0 Å². The molecule has 0 saturated heterocycles. The fraction of sp³-hybridized carbons (Fsp3) is 0.692. The van der Waals surface area contributed by atoms with Crippen molar-refractivity contribution in [1.29, 1.82) is 0 Å². The number of hydrogen-bond donors (Lipinski definition) is 2. The van der Waals surface area contributed by atoms with Crippen molar-refractivity contribution >= 4 is 0 Å². The molecule has 0 amide bonds. The normalized spacial score (nSPS) is 24.8. The first-order valence-corrected chi connectivity index (χ1v) is 6.51. The number of aryl methyl sites for hydroxylation is 1. The Balaban J connectivity index is 1.88. The van der Waals surface area contributed by atoms with Crippen LogP contribution in [0.5, 0.6) is 0 Å². The summed E-state index contributed by atoms with van der Waals surface area (Å²) in [7, 11) is 0. The van der Waals surface area contributed by atoms with Gasteiger partial charge in [-0.05, 0) is 38.3 Å². The van der Waals surface area contributed by atoms with Gasteiger partial charge in [0.25, 0.3) is 0 Å². The van der Waals surface area contributed by atoms with Gasteiger partial charge in [0.2, 0.25) is 0 Å². The van der Waals surface area contributed by atoms with E-state index in [0.717, 1.165) is 24.6 Å². The van der Waals surface area contributed by atoms with Gasteiger partial charge in [-0.3, -0.25) is 0 Å². The van der Waals surface area contributed by atoms with Crippen molar-refractivity contribution in [2.75, 3.05) is 6.54 Å². The van der Waals surface area contributed by atoms with E-state index in [1.165, 1.54) is 25.7 Å². The highest BCUT2D eigenvalue weighted by Crippen LogP contribution is 2.23. The summed E-state index contributed by atoms with van der Waals surface area (Å²) in [6.45, 7) is 3.54. The Kier molecular flexibility index (Phi) is 4.45. The predicted octanol–water partition coefficient (Wildman–Crippen LogP) is 1.39. The minimum Gasteiger partial charge on any atom is -0.330 e. The lowest BCUT2D eigenvalue weighted by molar-refractivity contribution is 0.266. The molecule has 0 bridgehead atoms. The van der Waals surface area contributed by atoms with E-state index in [1.54, 1.807) is 0 Å². The Hall–Kier alpha value is -1.00. The maximum atomic E-state index is 5.82. The summed E-state index contributed by atoms with van der Waals surface area (Å²) in [6, 6.07) is 2.53. The molecule has 1 aromatic rings. The molecule has 1 aliphatic rings. The first-order chi connectivity index (χ1) is 8.29. The third-order valence-electron chi connectivity index (χ3n) is 3.59. The lowest BCUT2D eigenvalue weighted by Gasteiger charge is -2.31. The summed E-state index contributed by atoms with van der Waals surface area (Å²) in [5.74, 6) is 1.47. The van der Waals surface area contributed by atoms with Crippen molar-refractivity contribution in [3.63, 3.8) is 0 Å². The van der Waals surface area contributed by atoms with Crippen LogP contribution in [0.2, 0.25) is 0 Å². The maximum absolute atomic E-state index is 5.82. The van der Waals surface area contributed by atoms with E-state index in [1.807, 2.05) is 19.2 Å². The number of aromatic nitrogens is 2. The van der Waals surface area contributed by atoms with Crippen LogP contribution in [-0.2, 0) is 6.54 Å². The fourth-order valence-corrected chi connectivity index (χ4v) is 2.60. The Morgan fingerprint density at radius 1 is 1.41 bits per heavy atom. The minimum atomic E-state index is 0.559. The van der Waals surface area contributed by atoms with Gasteiger partial charge in [-0.2, -0.15) is 0 Å². The van der Waals surface area contributed by atoms with Crippen molar-refractivity contribution in [3.8, 4) is 0 Å². The van der Waals surface area contributed by atoms with E-state index in [-0.39, 0.29) is 0 Å². The molecule has 0 aliphatic heterocycles. The summed E-state index contributed by atoms with van der Waals surface area (Å²) >= 11 is 0. The van der Waals surface area contributed by atoms with E-state index in [2.05, 4.69) is 15.3 Å². The number of nitrogens with zero attached hydrogens (tertiary/aromatic N) is 2. The molecule has 2 unspecified atom stereocenters. The molecule has 17 heavy (non-hydrogen) atoms. The molecule has 3 N–H and O–H groups in total. The van der Waals surface area contributed by atoms with E-state index in [4.69, 9.17) is 5.73 Å². The second-order valence-electron chi connectivity index (χ2n) is 4.86. The van der Waals surface area contributed by atoms with Crippen LogP contribution in [0.15, 0.2) is 12.3 Å². The summed E-state index contributed by atoms with van der Waals surface area (Å²) in [6.07, 6.45) is 6.97. The zero-order valence-electron chi connectivity index (χ0n) is 10.5. The number of hydrogen-bond acceptors (Lipinski definition) is 4. The SMILES string of the molecule is Cc1nccc(CNC2CCCCC2CN)n1. The van der Waals surface area contributed by atoms with Crippen LogP contribution >= 0.6 is 0 Å². The zero-order valence-corrected chi connectivity index (χ0v) is 10.5. The average molecular weight is 234 g/mol. The van der Waals surface area contributed by atoms with Gasteiger partial charge in [0.05, 0.1) is 5.69 Å². The average Bonchev–Trinajstić information content (AvgIpc) is 2.37. The molecule has 1 saturated carbocycles. The van der Waals surface area contributed by atoms with E-state index < -0.39 is 0 Å². The van der Waals surface area contributed by atoms with Gasteiger partial charge in [-0.1, -0.05) is 12.8 Å². The molecule has 0 aromatic carbocycles. The van der Waals surface area contributed by atoms with Crippen molar-refractivity contribution < 1.29 is 0 Å². The Labute approximate surface area is 103 Å². The van der Waals surface area contributed by atoms with E-state index >= 15 is 0 Å². The second kappa shape index (κ2) is 6.07. The lowest BCUT2D eigenvalue weighted by Crippen LogP contribution is -2.41. The molecule has 1 heterocycles. The van der Waals surface area contributed by atoms with Crippen molar-refractivity contribution in [1.82, 2.24) is 15.3 Å². The van der Waals surface area contributed by atoms with Crippen molar-refractivity contribution in [3.05, 3.63) is 23.8 Å². The first-order valence-electron chi connectivity index (χ1n) is 6.51. The lowest BCUT2D eigenvalue weighted by atomic mass is 9.84. The largest absolute Gasteiger partial charge is 0.330 e. The van der Waals surface area contributed by atoms with Gasteiger partial charge in [0.1, 0.15) is 5.82 Å². The van der Waals surface area contributed by atoms with Crippen LogP contribution in [0, 0.1) is 12.8 Å². The van der Waals surface area contributed by atoms with Crippen LogP contribution in [0.4, 0.5) is 0 Å². The third-order valence-corrected chi connectivity index (χ3v) is 3.59. The van der Waals surface area contributed by atoms with Gasteiger partial charge < -0.3 is 11.1 Å². The molecule has 2 rings (SSSR count). The molecular weight excluding hydrogens is 212 g/mol. The zero-order chi connectivity index (χ0) is 12.1. The molecule has 1 aromatic heterocycles. The molecule has 4 heteroatoms. The van der Waals surface area contributed by atoms with Crippen molar-refractivity contribution in [2.24, 2.45) is 11.7 Å². The highest BCUT2D eigenvalue weighted by Gasteiger charge is 2.23. The Morgan fingerprint density at radius 2 is 2.24 bits per heavy atom. The monoisotopic (exact) mass is 234 g/mol. The number of nitrogens with two attached hydrogens (primary N) is 1. The highest BCUT2D eigenvalue weighted by atomic mass is 15.0. The van der Waals surface area contributed by atoms with Crippen LogP contribution in [0.1, 0.15) is 37.2 Å². The molecule has 94 valence electrons. The standard InChI is InChI=1S/C13H22N4/c1-10-15-7-6-12(17-10)9-16-13-5-3-2-4-11(13)8-14/h6-7,11,13,16H,2-5,8-9,14H2,1H3. The van der Waals surface area contributed by atoms with Crippen LogP contribution < -0.4 is 11.1 Å². The quantitative estimate of drug-likeness (QED) is 0.826. The summed E-state index contributed by atoms with van der Waals surface area (Å²) in [4.78, 5) is 8.51. The van der Waals surface area contributed by atoms with Gasteiger partial charge in [0.15, 0.2) is 0 Å². The molecule has 4 nitrogen and oxygen atoms in total. The minimum absolute atomic E-state index is 0.559. The number of nitrogens with one attached hydrogen (secondary N) is 1. The smallest absolute Gasteiger partial charge is 0.125 e. The molecule has 1 aliphatic carbocycles. The summed E-state index contributed by atoms with van der Waals surface area (Å²) in [5.41, 5.74) is 6.89. The van der Waals surface area contributed by atoms with Gasteiger partial charge in [-0.25, -0.2) is 9.97 Å². The van der Waals surface area contributed by atoms with Crippen LogP contribution in [0.25, 0.3) is 0 Å². The molecule has 2 atom stereocenters. The maximum Gasteiger partial charge on any atom is 0.125 e. The van der Waals surface area contributed by atoms with Crippen molar-refractivity contribution in [2.45, 2.75) is 45.2 Å². The predicted molar refractivity (Wildman–Crippen MR) is 68.4 cm³/mol. The first kappa shape index (κ1) is 12.5. The molecule has 0 spiro atoms. The van der Waals surface area contributed by atoms with Gasteiger partial charge >= 0.3 is 0 Å². The fourth-order valence-electron chi connectivity index (χ4n) is 2.60. The number of rotatable bonds is 4. The summed E-state index contributed by atoms with van der Waals surface area (Å²) < 4.78 is 0. The third kappa shape index (κ3) is 3.48. The van der Waals surface area contributed by atoms with E-state index in [9.17, 15) is 0 Å². The van der Waals surface area contributed by atoms with Crippen LogP contribution in [0.3, 0.4) is 0 Å². The van der Waals surface area contributed by atoms with E-state index in [0.29, 0.717) is 12.0 Å².